The molecule has 0 bridgehead atoms. The molecular weight excluding hydrogens is 216 g/mol. The summed E-state index contributed by atoms with van der Waals surface area (Å²) in [5, 5.41) is 4.78. The molecule has 1 unspecified atom stereocenters. The molecule has 1 fully saturated rings. The van der Waals surface area contributed by atoms with Gasteiger partial charge in [0.15, 0.2) is 5.17 Å². The van der Waals surface area contributed by atoms with Crippen LogP contribution in [0.3, 0.4) is 0 Å². The lowest BCUT2D eigenvalue weighted by atomic mass is 9.83. The minimum atomic E-state index is 0.576. The van der Waals surface area contributed by atoms with Crippen LogP contribution in [0.25, 0.3) is 0 Å². The standard InChI is InChI=1S/C13H24N2S/c1-3-13(6-4-5-7-13)10-15-12-14-8-11(2)9-16-12/h11H,3-10H2,1-2H3,(H,14,15). The first kappa shape index (κ1) is 12.3. The van der Waals surface area contributed by atoms with Gasteiger partial charge >= 0.3 is 0 Å². The van der Waals surface area contributed by atoms with E-state index in [1.807, 2.05) is 11.8 Å². The highest BCUT2D eigenvalue weighted by molar-refractivity contribution is 8.13. The zero-order valence-electron chi connectivity index (χ0n) is 10.6. The quantitative estimate of drug-likeness (QED) is 0.818. The van der Waals surface area contributed by atoms with Crippen LogP contribution in [-0.2, 0) is 0 Å². The zero-order valence-corrected chi connectivity index (χ0v) is 11.4. The van der Waals surface area contributed by atoms with E-state index in [1.165, 1.54) is 43.0 Å². The second kappa shape index (κ2) is 5.44. The van der Waals surface area contributed by atoms with Gasteiger partial charge in [-0.2, -0.15) is 0 Å². The molecule has 0 aromatic heterocycles. The van der Waals surface area contributed by atoms with Gasteiger partial charge in [-0.15, -0.1) is 0 Å². The van der Waals surface area contributed by atoms with Gasteiger partial charge in [0, 0.05) is 18.8 Å². The smallest absolute Gasteiger partial charge is 0.156 e. The fourth-order valence-electron chi connectivity index (χ4n) is 2.71. The largest absolute Gasteiger partial charge is 0.364 e. The second-order valence-electron chi connectivity index (χ2n) is 5.48. The highest BCUT2D eigenvalue weighted by Gasteiger charge is 2.32. The van der Waals surface area contributed by atoms with Crippen LogP contribution >= 0.6 is 11.8 Å². The molecule has 2 aliphatic rings. The summed E-state index contributed by atoms with van der Waals surface area (Å²) in [7, 11) is 0. The number of aliphatic imine (C=N–C) groups is 1. The van der Waals surface area contributed by atoms with Gasteiger partial charge in [0.2, 0.25) is 0 Å². The van der Waals surface area contributed by atoms with E-state index in [9.17, 15) is 0 Å². The van der Waals surface area contributed by atoms with Gasteiger partial charge in [0.25, 0.3) is 0 Å². The summed E-state index contributed by atoms with van der Waals surface area (Å²) in [6.07, 6.45) is 6.97. The lowest BCUT2D eigenvalue weighted by Crippen LogP contribution is -2.36. The van der Waals surface area contributed by atoms with Crippen molar-refractivity contribution in [2.24, 2.45) is 16.3 Å². The normalized spacial score (nSPS) is 28.9. The van der Waals surface area contributed by atoms with Gasteiger partial charge in [0.1, 0.15) is 0 Å². The fourth-order valence-corrected chi connectivity index (χ4v) is 3.60. The second-order valence-corrected chi connectivity index (χ2v) is 6.48. The van der Waals surface area contributed by atoms with Crippen LogP contribution in [0.15, 0.2) is 4.99 Å². The minimum Gasteiger partial charge on any atom is -0.364 e. The monoisotopic (exact) mass is 240 g/mol. The average Bonchev–Trinajstić information content (AvgIpc) is 2.78. The molecule has 1 atom stereocenters. The number of rotatable bonds is 3. The van der Waals surface area contributed by atoms with Crippen molar-refractivity contribution < 1.29 is 0 Å². The number of amidine groups is 1. The third kappa shape index (κ3) is 2.93. The average molecular weight is 240 g/mol. The van der Waals surface area contributed by atoms with E-state index >= 15 is 0 Å². The highest BCUT2D eigenvalue weighted by atomic mass is 32.2. The van der Waals surface area contributed by atoms with Crippen molar-refractivity contribution in [1.29, 1.82) is 0 Å². The predicted octanol–water partition coefficient (Wildman–Crippen LogP) is 3.29. The molecule has 0 aromatic rings. The van der Waals surface area contributed by atoms with Gasteiger partial charge in [-0.05, 0) is 30.6 Å². The molecule has 0 saturated heterocycles. The molecule has 3 heteroatoms. The maximum Gasteiger partial charge on any atom is 0.156 e. The highest BCUT2D eigenvalue weighted by Crippen LogP contribution is 2.40. The summed E-state index contributed by atoms with van der Waals surface area (Å²) < 4.78 is 0. The van der Waals surface area contributed by atoms with E-state index in [0.717, 1.165) is 19.0 Å². The molecule has 1 saturated carbocycles. The van der Waals surface area contributed by atoms with Crippen molar-refractivity contribution in [2.75, 3.05) is 18.8 Å². The number of hydrogen-bond acceptors (Lipinski definition) is 3. The van der Waals surface area contributed by atoms with Crippen molar-refractivity contribution >= 4 is 16.9 Å². The Hall–Kier alpha value is -0.180. The van der Waals surface area contributed by atoms with Gasteiger partial charge in [-0.3, -0.25) is 4.99 Å². The SMILES string of the molecule is CCC1(CNC2=NCC(C)CS2)CCCC1. The van der Waals surface area contributed by atoms with Crippen LogP contribution in [0.4, 0.5) is 0 Å². The molecule has 0 radical (unpaired) electrons. The number of hydrogen-bond donors (Lipinski definition) is 1. The predicted molar refractivity (Wildman–Crippen MR) is 73.1 cm³/mol. The molecule has 2 nitrogen and oxygen atoms in total. The van der Waals surface area contributed by atoms with Gasteiger partial charge in [-0.1, -0.05) is 38.5 Å². The molecule has 1 aliphatic carbocycles. The molecule has 1 heterocycles. The minimum absolute atomic E-state index is 0.576. The first-order valence-electron chi connectivity index (χ1n) is 6.65. The van der Waals surface area contributed by atoms with Crippen LogP contribution in [-0.4, -0.2) is 24.0 Å². The van der Waals surface area contributed by atoms with Crippen molar-refractivity contribution in [2.45, 2.75) is 46.0 Å². The molecule has 1 N–H and O–H groups in total. The van der Waals surface area contributed by atoms with E-state index in [-0.39, 0.29) is 0 Å². The first-order valence-corrected chi connectivity index (χ1v) is 7.64. The van der Waals surface area contributed by atoms with E-state index in [4.69, 9.17) is 0 Å². The molecule has 16 heavy (non-hydrogen) atoms. The van der Waals surface area contributed by atoms with Gasteiger partial charge in [0.05, 0.1) is 0 Å². The molecule has 92 valence electrons. The Morgan fingerprint density at radius 2 is 2.19 bits per heavy atom. The van der Waals surface area contributed by atoms with Crippen LogP contribution in [0.5, 0.6) is 0 Å². The Morgan fingerprint density at radius 3 is 2.75 bits per heavy atom. The van der Waals surface area contributed by atoms with Crippen LogP contribution in [0, 0.1) is 11.3 Å². The van der Waals surface area contributed by atoms with E-state index in [1.54, 1.807) is 0 Å². The summed E-state index contributed by atoms with van der Waals surface area (Å²) in [6.45, 7) is 6.76. The molecule has 0 amide bonds. The topological polar surface area (TPSA) is 24.4 Å². The third-order valence-corrected chi connectivity index (χ3v) is 5.36. The maximum absolute atomic E-state index is 4.61. The summed E-state index contributed by atoms with van der Waals surface area (Å²) in [5.41, 5.74) is 0.576. The van der Waals surface area contributed by atoms with Crippen molar-refractivity contribution in [3.05, 3.63) is 0 Å². The van der Waals surface area contributed by atoms with Crippen LogP contribution < -0.4 is 5.32 Å². The fraction of sp³-hybridized carbons (Fsp3) is 0.923. The molecule has 0 spiro atoms. The number of nitrogens with one attached hydrogen (secondary N) is 1. The summed E-state index contributed by atoms with van der Waals surface area (Å²) in [6, 6.07) is 0. The molecule has 0 aromatic carbocycles. The summed E-state index contributed by atoms with van der Waals surface area (Å²) in [4.78, 5) is 4.61. The van der Waals surface area contributed by atoms with E-state index < -0.39 is 0 Å². The van der Waals surface area contributed by atoms with Crippen molar-refractivity contribution in [3.63, 3.8) is 0 Å². The van der Waals surface area contributed by atoms with Gasteiger partial charge < -0.3 is 5.32 Å². The van der Waals surface area contributed by atoms with Gasteiger partial charge in [-0.25, -0.2) is 0 Å². The zero-order chi connectivity index (χ0) is 11.4. The lowest BCUT2D eigenvalue weighted by Gasteiger charge is -2.29. The Morgan fingerprint density at radius 1 is 1.44 bits per heavy atom. The number of thioether (sulfide) groups is 1. The molecule has 1 aliphatic heterocycles. The summed E-state index contributed by atoms with van der Waals surface area (Å²) >= 11 is 1.90. The Bertz CT molecular complexity index is 257. The van der Waals surface area contributed by atoms with E-state index in [0.29, 0.717) is 5.41 Å². The lowest BCUT2D eigenvalue weighted by molar-refractivity contribution is 0.285. The van der Waals surface area contributed by atoms with Crippen molar-refractivity contribution in [3.8, 4) is 0 Å². The number of nitrogens with zero attached hydrogens (tertiary/aromatic N) is 1. The Labute approximate surface area is 104 Å². The van der Waals surface area contributed by atoms with E-state index in [2.05, 4.69) is 24.2 Å². The maximum atomic E-state index is 4.61. The molecular formula is C13H24N2S. The first-order chi connectivity index (χ1) is 7.74. The Balaban J connectivity index is 1.82. The Kier molecular flexibility index (Phi) is 4.17. The van der Waals surface area contributed by atoms with Crippen molar-refractivity contribution in [1.82, 2.24) is 5.32 Å². The molecule has 2 rings (SSSR count). The third-order valence-electron chi connectivity index (χ3n) is 4.08. The summed E-state index contributed by atoms with van der Waals surface area (Å²) in [5.74, 6) is 1.98. The van der Waals surface area contributed by atoms with Crippen LogP contribution in [0.2, 0.25) is 0 Å². The van der Waals surface area contributed by atoms with Crippen LogP contribution in [0.1, 0.15) is 46.0 Å².